The van der Waals surface area contributed by atoms with Gasteiger partial charge in [0.25, 0.3) is 0 Å². The lowest BCUT2D eigenvalue weighted by Crippen LogP contribution is -2.38. The van der Waals surface area contributed by atoms with E-state index >= 15 is 0 Å². The molecular formula is C15H22ClN3S. The average molecular weight is 312 g/mol. The molecule has 1 aromatic rings. The first kappa shape index (κ1) is 14.5. The Kier molecular flexibility index (Phi) is 4.74. The molecule has 110 valence electrons. The van der Waals surface area contributed by atoms with Crippen molar-refractivity contribution in [1.82, 2.24) is 10.3 Å². The van der Waals surface area contributed by atoms with Gasteiger partial charge in [0.05, 0.1) is 5.02 Å². The number of hydrogen-bond donors (Lipinski definition) is 1. The standard InChI is InChI=1S/C15H22ClN3S/c1-2-13-10-19(5-6-20-13)15-14(16)7-11(9-18-15)8-17-12-3-4-12/h7,9,12-13,17H,2-6,8,10H2,1H3. The number of nitrogens with one attached hydrogen (secondary N) is 1. The fraction of sp³-hybridized carbons (Fsp3) is 0.667. The minimum absolute atomic E-state index is 0.706. The van der Waals surface area contributed by atoms with Crippen LogP contribution >= 0.6 is 23.4 Å². The van der Waals surface area contributed by atoms with Crippen LogP contribution in [0.15, 0.2) is 12.3 Å². The number of rotatable bonds is 5. The maximum absolute atomic E-state index is 6.45. The highest BCUT2D eigenvalue weighted by Gasteiger charge is 2.23. The SMILES string of the molecule is CCC1CN(c2ncc(CNC3CC3)cc2Cl)CCS1. The second kappa shape index (κ2) is 6.54. The first-order chi connectivity index (χ1) is 9.76. The van der Waals surface area contributed by atoms with Crippen molar-refractivity contribution >= 4 is 29.2 Å². The Bertz CT molecular complexity index is 464. The molecule has 1 saturated heterocycles. The molecule has 3 nitrogen and oxygen atoms in total. The zero-order valence-corrected chi connectivity index (χ0v) is 13.5. The Labute approximate surface area is 130 Å². The molecule has 1 saturated carbocycles. The lowest BCUT2D eigenvalue weighted by atomic mass is 10.2. The summed E-state index contributed by atoms with van der Waals surface area (Å²) in [5.41, 5.74) is 1.18. The van der Waals surface area contributed by atoms with Gasteiger partial charge >= 0.3 is 0 Å². The molecule has 1 aliphatic carbocycles. The third kappa shape index (κ3) is 3.60. The van der Waals surface area contributed by atoms with Crippen LogP contribution in [-0.4, -0.2) is 35.1 Å². The van der Waals surface area contributed by atoms with Gasteiger partial charge in [0.15, 0.2) is 0 Å². The highest BCUT2D eigenvalue weighted by molar-refractivity contribution is 8.00. The molecule has 1 N–H and O–H groups in total. The molecule has 1 atom stereocenters. The van der Waals surface area contributed by atoms with E-state index < -0.39 is 0 Å². The molecule has 3 rings (SSSR count). The van der Waals surface area contributed by atoms with Gasteiger partial charge in [-0.15, -0.1) is 0 Å². The Balaban J connectivity index is 1.66. The number of pyridine rings is 1. The summed E-state index contributed by atoms with van der Waals surface area (Å²) >= 11 is 8.51. The van der Waals surface area contributed by atoms with Crippen LogP contribution < -0.4 is 10.2 Å². The smallest absolute Gasteiger partial charge is 0.147 e. The zero-order valence-electron chi connectivity index (χ0n) is 11.9. The first-order valence-corrected chi connectivity index (χ1v) is 8.93. The number of aromatic nitrogens is 1. The van der Waals surface area contributed by atoms with Gasteiger partial charge in [-0.3, -0.25) is 0 Å². The molecule has 1 aliphatic heterocycles. The van der Waals surface area contributed by atoms with E-state index in [1.165, 1.54) is 30.6 Å². The maximum atomic E-state index is 6.45. The molecule has 0 radical (unpaired) electrons. The largest absolute Gasteiger partial charge is 0.353 e. The van der Waals surface area contributed by atoms with Crippen molar-refractivity contribution in [3.05, 3.63) is 22.8 Å². The van der Waals surface area contributed by atoms with E-state index in [0.717, 1.165) is 36.5 Å². The van der Waals surface area contributed by atoms with Gasteiger partial charge in [-0.25, -0.2) is 4.98 Å². The van der Waals surface area contributed by atoms with Gasteiger partial charge in [0.1, 0.15) is 5.82 Å². The normalized spacial score (nSPS) is 23.1. The van der Waals surface area contributed by atoms with Crippen molar-refractivity contribution in [2.75, 3.05) is 23.7 Å². The second-order valence-corrected chi connectivity index (χ2v) is 7.47. The van der Waals surface area contributed by atoms with Crippen molar-refractivity contribution in [2.45, 2.75) is 44.0 Å². The van der Waals surface area contributed by atoms with Crippen LogP contribution in [0.1, 0.15) is 31.7 Å². The minimum atomic E-state index is 0.706. The van der Waals surface area contributed by atoms with Crippen LogP contribution in [0.5, 0.6) is 0 Å². The quantitative estimate of drug-likeness (QED) is 0.903. The molecule has 0 aromatic carbocycles. The van der Waals surface area contributed by atoms with E-state index in [4.69, 9.17) is 11.6 Å². The Morgan fingerprint density at radius 1 is 1.50 bits per heavy atom. The minimum Gasteiger partial charge on any atom is -0.353 e. The van der Waals surface area contributed by atoms with Gasteiger partial charge in [-0.05, 0) is 30.9 Å². The zero-order chi connectivity index (χ0) is 13.9. The Morgan fingerprint density at radius 2 is 2.35 bits per heavy atom. The summed E-state index contributed by atoms with van der Waals surface area (Å²) in [5, 5.41) is 5.00. The maximum Gasteiger partial charge on any atom is 0.147 e. The third-order valence-corrected chi connectivity index (χ3v) is 5.59. The van der Waals surface area contributed by atoms with E-state index in [-0.39, 0.29) is 0 Å². The summed E-state index contributed by atoms with van der Waals surface area (Å²) in [7, 11) is 0. The molecule has 2 aliphatic rings. The van der Waals surface area contributed by atoms with E-state index in [2.05, 4.69) is 40.0 Å². The van der Waals surface area contributed by atoms with E-state index in [1.807, 2.05) is 6.20 Å². The van der Waals surface area contributed by atoms with Crippen molar-refractivity contribution in [3.8, 4) is 0 Å². The topological polar surface area (TPSA) is 28.2 Å². The summed E-state index contributed by atoms with van der Waals surface area (Å²) in [6, 6.07) is 2.79. The van der Waals surface area contributed by atoms with Crippen LogP contribution in [-0.2, 0) is 6.54 Å². The van der Waals surface area contributed by atoms with Crippen molar-refractivity contribution < 1.29 is 0 Å². The van der Waals surface area contributed by atoms with E-state index in [0.29, 0.717) is 5.25 Å². The van der Waals surface area contributed by atoms with Gasteiger partial charge in [-0.1, -0.05) is 18.5 Å². The summed E-state index contributed by atoms with van der Waals surface area (Å²) < 4.78 is 0. The average Bonchev–Trinajstić information content (AvgIpc) is 3.29. The molecule has 0 spiro atoms. The number of nitrogens with zero attached hydrogens (tertiary/aromatic N) is 2. The third-order valence-electron chi connectivity index (χ3n) is 3.94. The summed E-state index contributed by atoms with van der Waals surface area (Å²) in [6.45, 7) is 5.25. The van der Waals surface area contributed by atoms with E-state index in [1.54, 1.807) is 0 Å². The highest BCUT2D eigenvalue weighted by Crippen LogP contribution is 2.30. The summed E-state index contributed by atoms with van der Waals surface area (Å²) in [5.74, 6) is 2.13. The summed E-state index contributed by atoms with van der Waals surface area (Å²) in [6.07, 6.45) is 5.80. The van der Waals surface area contributed by atoms with Gasteiger partial charge in [0, 0.05) is 42.9 Å². The van der Waals surface area contributed by atoms with Gasteiger partial charge < -0.3 is 10.2 Å². The molecule has 20 heavy (non-hydrogen) atoms. The molecule has 2 fully saturated rings. The van der Waals surface area contributed by atoms with Crippen molar-refractivity contribution in [2.24, 2.45) is 0 Å². The van der Waals surface area contributed by atoms with Crippen molar-refractivity contribution in [3.63, 3.8) is 0 Å². The fourth-order valence-corrected chi connectivity index (χ4v) is 4.00. The molecular weight excluding hydrogens is 290 g/mol. The van der Waals surface area contributed by atoms with Crippen LogP contribution in [0.2, 0.25) is 5.02 Å². The Morgan fingerprint density at radius 3 is 3.05 bits per heavy atom. The highest BCUT2D eigenvalue weighted by atomic mass is 35.5. The van der Waals surface area contributed by atoms with Gasteiger partial charge in [0.2, 0.25) is 0 Å². The molecule has 1 unspecified atom stereocenters. The predicted molar refractivity (Wildman–Crippen MR) is 87.9 cm³/mol. The predicted octanol–water partition coefficient (Wildman–Crippen LogP) is 3.32. The lowest BCUT2D eigenvalue weighted by molar-refractivity contribution is 0.684. The van der Waals surface area contributed by atoms with Crippen LogP contribution in [0, 0.1) is 0 Å². The molecule has 2 heterocycles. The van der Waals surface area contributed by atoms with Gasteiger partial charge in [-0.2, -0.15) is 11.8 Å². The monoisotopic (exact) mass is 311 g/mol. The van der Waals surface area contributed by atoms with Crippen LogP contribution in [0.25, 0.3) is 0 Å². The molecule has 1 aromatic heterocycles. The summed E-state index contributed by atoms with van der Waals surface area (Å²) in [4.78, 5) is 6.95. The molecule has 5 heteroatoms. The van der Waals surface area contributed by atoms with Crippen molar-refractivity contribution in [1.29, 1.82) is 0 Å². The molecule has 0 bridgehead atoms. The van der Waals surface area contributed by atoms with Crippen LogP contribution in [0.4, 0.5) is 5.82 Å². The first-order valence-electron chi connectivity index (χ1n) is 7.50. The van der Waals surface area contributed by atoms with E-state index in [9.17, 15) is 0 Å². The fourth-order valence-electron chi connectivity index (χ4n) is 2.51. The van der Waals surface area contributed by atoms with Crippen LogP contribution in [0.3, 0.4) is 0 Å². The number of anilines is 1. The number of hydrogen-bond acceptors (Lipinski definition) is 4. The Hall–Kier alpha value is -0.450. The molecule has 0 amide bonds. The number of halogens is 1. The lowest BCUT2D eigenvalue weighted by Gasteiger charge is -2.33. The second-order valence-electron chi connectivity index (χ2n) is 5.65. The number of thioether (sulfide) groups is 1.